The predicted molar refractivity (Wildman–Crippen MR) is 148 cm³/mol. The quantitative estimate of drug-likeness (QED) is 0.376. The molecular weight excluding hydrogens is 631 g/mol. The molecule has 10 nitrogen and oxygen atoms in total. The van der Waals surface area contributed by atoms with Crippen molar-refractivity contribution >= 4 is 59.9 Å². The molecule has 0 radical (unpaired) electrons. The molecule has 196 valence electrons. The maximum Gasteiger partial charge on any atom is 0.261 e. The zero-order valence-corrected chi connectivity index (χ0v) is 24.0. The Kier molecular flexibility index (Phi) is 7.52. The zero-order chi connectivity index (χ0) is 27.1. The van der Waals surface area contributed by atoms with Crippen molar-refractivity contribution in [1.29, 1.82) is 0 Å². The Hall–Kier alpha value is -2.75. The molecule has 2 N–H and O–H groups in total. The molecule has 3 aromatic rings. The molecule has 0 unspecified atom stereocenters. The van der Waals surface area contributed by atoms with Crippen LogP contribution in [0.3, 0.4) is 0 Å². The highest BCUT2D eigenvalue weighted by Crippen LogP contribution is 2.36. The number of benzene rings is 2. The summed E-state index contributed by atoms with van der Waals surface area (Å²) in [6.07, 6.45) is 1.78. The lowest BCUT2D eigenvalue weighted by molar-refractivity contribution is -0.122. The molecule has 13 heteroatoms. The summed E-state index contributed by atoms with van der Waals surface area (Å²) in [4.78, 5) is 24.5. The van der Waals surface area contributed by atoms with Crippen molar-refractivity contribution in [1.82, 2.24) is 8.87 Å². The third-order valence-electron chi connectivity index (χ3n) is 6.00. The molecule has 0 bridgehead atoms. The van der Waals surface area contributed by atoms with Crippen molar-refractivity contribution in [2.45, 2.75) is 36.1 Å². The van der Waals surface area contributed by atoms with E-state index in [-0.39, 0.29) is 39.7 Å². The maximum absolute atomic E-state index is 13.7. The largest absolute Gasteiger partial charge is 0.324 e. The number of nitrogens with zero attached hydrogens (tertiary/aromatic N) is 2. The normalized spacial score (nSPS) is 16.2. The average Bonchev–Trinajstić information content (AvgIpc) is 2.77. The maximum atomic E-state index is 13.7. The van der Waals surface area contributed by atoms with Crippen molar-refractivity contribution in [3.63, 3.8) is 0 Å². The summed E-state index contributed by atoms with van der Waals surface area (Å²) in [6.45, 7) is 3.62. The van der Waals surface area contributed by atoms with E-state index in [1.165, 1.54) is 41.1 Å². The van der Waals surface area contributed by atoms with Crippen LogP contribution in [0, 0.1) is 17.4 Å². The second-order valence-corrected chi connectivity index (χ2v) is 13.5. The van der Waals surface area contributed by atoms with Crippen molar-refractivity contribution in [3.8, 4) is 0 Å². The summed E-state index contributed by atoms with van der Waals surface area (Å²) >= 11 is 1.89. The number of carbonyl (C=O) groups is 1. The van der Waals surface area contributed by atoms with E-state index < -0.39 is 32.0 Å². The van der Waals surface area contributed by atoms with Gasteiger partial charge in [-0.15, -0.1) is 0 Å². The van der Waals surface area contributed by atoms with Crippen LogP contribution < -0.4 is 15.6 Å². The first-order valence-electron chi connectivity index (χ1n) is 11.2. The van der Waals surface area contributed by atoms with Gasteiger partial charge in [0, 0.05) is 35.1 Å². The summed E-state index contributed by atoms with van der Waals surface area (Å²) in [5, 5.41) is 2.60. The summed E-state index contributed by atoms with van der Waals surface area (Å²) in [6, 6.07) is 11.0. The van der Waals surface area contributed by atoms with E-state index in [0.717, 1.165) is 9.87 Å². The second kappa shape index (κ2) is 10.2. The number of pyridine rings is 1. The third-order valence-corrected chi connectivity index (χ3v) is 10.1. The Morgan fingerprint density at radius 2 is 1.68 bits per heavy atom. The molecule has 1 atom stereocenters. The number of amides is 1. The first-order chi connectivity index (χ1) is 17.3. The van der Waals surface area contributed by atoms with E-state index in [1.54, 1.807) is 32.2 Å². The van der Waals surface area contributed by atoms with Crippen molar-refractivity contribution in [3.05, 3.63) is 79.8 Å². The van der Waals surface area contributed by atoms with E-state index in [1.807, 2.05) is 29.5 Å². The van der Waals surface area contributed by atoms with Crippen molar-refractivity contribution < 1.29 is 21.6 Å². The fourth-order valence-electron chi connectivity index (χ4n) is 3.81. The number of aryl methyl sites for hydroxylation is 3. The minimum Gasteiger partial charge on any atom is -0.324 e. The standard InChI is InChI=1S/C24H25IN4O6S2/c1-15-4-6-18(7-5-15)36(32,33)27-23-19(25)12-16(2)13-21(23)37(34,35)29-11-9-20(29)24(31)26-17-8-10-28(3)22(30)14-17/h4-8,10,12-14,20,27H,9,11H2,1-3H3,(H,26,31)/t20-/m0/s1. The van der Waals surface area contributed by atoms with E-state index in [0.29, 0.717) is 9.13 Å². The Morgan fingerprint density at radius 1 is 1.00 bits per heavy atom. The number of hydrogen-bond donors (Lipinski definition) is 2. The highest BCUT2D eigenvalue weighted by Gasteiger charge is 2.44. The SMILES string of the molecule is Cc1ccc(S(=O)(=O)Nc2c(I)cc(C)cc2S(=O)(=O)N2CC[C@H]2C(=O)Nc2ccn(C)c(=O)c2)cc1. The number of carbonyl (C=O) groups excluding carboxylic acids is 1. The van der Waals surface area contributed by atoms with Crippen molar-refractivity contribution in [2.75, 3.05) is 16.6 Å². The molecule has 2 heterocycles. The monoisotopic (exact) mass is 656 g/mol. The van der Waals surface area contributed by atoms with Crippen LogP contribution in [0.2, 0.25) is 0 Å². The topological polar surface area (TPSA) is 135 Å². The summed E-state index contributed by atoms with van der Waals surface area (Å²) in [7, 11) is -6.78. The van der Waals surface area contributed by atoms with Crippen LogP contribution >= 0.6 is 22.6 Å². The second-order valence-electron chi connectivity index (χ2n) is 8.81. The number of sulfonamides is 2. The molecular formula is C24H25IN4O6S2. The average molecular weight is 657 g/mol. The third kappa shape index (κ3) is 5.58. The zero-order valence-electron chi connectivity index (χ0n) is 20.2. The molecule has 1 aromatic heterocycles. The lowest BCUT2D eigenvalue weighted by atomic mass is 10.1. The summed E-state index contributed by atoms with van der Waals surface area (Å²) in [5.41, 5.74) is 1.35. The van der Waals surface area contributed by atoms with Gasteiger partial charge >= 0.3 is 0 Å². The first-order valence-corrected chi connectivity index (χ1v) is 15.2. The van der Waals surface area contributed by atoms with Crippen LogP contribution in [0.5, 0.6) is 0 Å². The Morgan fingerprint density at radius 3 is 2.27 bits per heavy atom. The molecule has 1 fully saturated rings. The molecule has 0 aliphatic carbocycles. The minimum absolute atomic E-state index is 0.00645. The predicted octanol–water partition coefficient (Wildman–Crippen LogP) is 2.81. The van der Waals surface area contributed by atoms with Crippen LogP contribution in [0.1, 0.15) is 17.5 Å². The Balaban J connectivity index is 1.66. The number of aromatic nitrogens is 1. The van der Waals surface area contributed by atoms with Crippen LogP contribution in [0.4, 0.5) is 11.4 Å². The van der Waals surface area contributed by atoms with Gasteiger partial charge in [0.15, 0.2) is 0 Å². The van der Waals surface area contributed by atoms with Gasteiger partial charge in [0.1, 0.15) is 10.9 Å². The van der Waals surface area contributed by atoms with Gasteiger partial charge < -0.3 is 9.88 Å². The molecule has 0 spiro atoms. The van der Waals surface area contributed by atoms with E-state index in [2.05, 4.69) is 10.0 Å². The smallest absolute Gasteiger partial charge is 0.261 e. The van der Waals surface area contributed by atoms with E-state index >= 15 is 0 Å². The van der Waals surface area contributed by atoms with Crippen molar-refractivity contribution in [2.24, 2.45) is 7.05 Å². The van der Waals surface area contributed by atoms with Crippen LogP contribution in [-0.2, 0) is 31.9 Å². The Bertz CT molecular complexity index is 1650. The van der Waals surface area contributed by atoms with Crippen LogP contribution in [-0.4, -0.2) is 44.2 Å². The number of hydrogen-bond acceptors (Lipinski definition) is 6. The van der Waals surface area contributed by atoms with E-state index in [4.69, 9.17) is 0 Å². The van der Waals surface area contributed by atoms with E-state index in [9.17, 15) is 26.4 Å². The first kappa shape index (κ1) is 27.3. The molecule has 1 saturated heterocycles. The summed E-state index contributed by atoms with van der Waals surface area (Å²) in [5.74, 6) is -0.577. The van der Waals surface area contributed by atoms with Gasteiger partial charge in [-0.3, -0.25) is 14.3 Å². The molecule has 1 aliphatic rings. The van der Waals surface area contributed by atoms with Gasteiger partial charge in [-0.2, -0.15) is 4.31 Å². The minimum atomic E-state index is -4.27. The number of nitrogens with one attached hydrogen (secondary N) is 2. The summed E-state index contributed by atoms with van der Waals surface area (Å²) < 4.78 is 58.9. The molecule has 37 heavy (non-hydrogen) atoms. The van der Waals surface area contributed by atoms with Gasteiger partial charge in [-0.05, 0) is 78.8 Å². The number of halogens is 1. The fraction of sp³-hybridized carbons (Fsp3) is 0.250. The lowest BCUT2D eigenvalue weighted by Crippen LogP contribution is -2.56. The van der Waals surface area contributed by atoms with Crippen LogP contribution in [0.15, 0.2) is 69.3 Å². The molecule has 2 aromatic carbocycles. The van der Waals surface area contributed by atoms with Gasteiger partial charge in [0.05, 0.1) is 10.6 Å². The molecule has 1 aliphatic heterocycles. The van der Waals surface area contributed by atoms with Gasteiger partial charge in [0.25, 0.3) is 15.6 Å². The molecule has 1 amide bonds. The number of anilines is 2. The van der Waals surface area contributed by atoms with Crippen LogP contribution in [0.25, 0.3) is 0 Å². The van der Waals surface area contributed by atoms with Gasteiger partial charge in [0.2, 0.25) is 15.9 Å². The Labute approximate surface area is 228 Å². The van der Waals surface area contributed by atoms with Gasteiger partial charge in [-0.1, -0.05) is 17.7 Å². The molecule has 4 rings (SSSR count). The lowest BCUT2D eigenvalue weighted by Gasteiger charge is -2.38. The molecule has 0 saturated carbocycles. The highest BCUT2D eigenvalue weighted by molar-refractivity contribution is 14.1. The highest BCUT2D eigenvalue weighted by atomic mass is 127. The fourth-order valence-corrected chi connectivity index (χ4v) is 8.15. The number of rotatable bonds is 7. The van der Waals surface area contributed by atoms with Gasteiger partial charge in [-0.25, -0.2) is 16.8 Å².